The second-order valence-electron chi connectivity index (χ2n) is 4.26. The van der Waals surface area contributed by atoms with Crippen LogP contribution in [0.3, 0.4) is 0 Å². The Morgan fingerprint density at radius 1 is 1.10 bits per heavy atom. The Bertz CT molecular complexity index is 708. The Balaban J connectivity index is 2.11. The molecule has 0 radical (unpaired) electrons. The maximum Gasteiger partial charge on any atom is 0.160 e. The molecular weight excluding hydrogens is 290 g/mol. The summed E-state index contributed by atoms with van der Waals surface area (Å²) in [6.45, 7) is 0.390. The third-order valence-electron chi connectivity index (χ3n) is 2.86. The highest BCUT2D eigenvalue weighted by atomic mass is 35.5. The smallest absolute Gasteiger partial charge is 0.160 e. The number of nitrogens with zero attached hydrogens (tertiary/aromatic N) is 2. The van der Waals surface area contributed by atoms with Crippen LogP contribution in [0.15, 0.2) is 47.8 Å². The molecule has 0 aliphatic carbocycles. The first-order valence-electron chi connectivity index (χ1n) is 6.14. The summed E-state index contributed by atoms with van der Waals surface area (Å²) in [5, 5.41) is 2.73. The van der Waals surface area contributed by atoms with Gasteiger partial charge in [-0.15, -0.1) is 11.3 Å². The van der Waals surface area contributed by atoms with Crippen molar-refractivity contribution in [3.8, 4) is 22.0 Å². The normalized spacial score (nSPS) is 10.7. The number of benzene rings is 1. The van der Waals surface area contributed by atoms with Crippen LogP contribution in [0, 0.1) is 0 Å². The summed E-state index contributed by atoms with van der Waals surface area (Å²) in [4.78, 5) is 10.2. The molecule has 0 saturated heterocycles. The van der Waals surface area contributed by atoms with Gasteiger partial charge >= 0.3 is 0 Å². The van der Waals surface area contributed by atoms with Gasteiger partial charge in [0.15, 0.2) is 5.82 Å². The van der Waals surface area contributed by atoms with Crippen LogP contribution in [0.4, 0.5) is 0 Å². The fraction of sp³-hybridized carbons (Fsp3) is 0.0667. The molecule has 20 heavy (non-hydrogen) atoms. The lowest BCUT2D eigenvalue weighted by Gasteiger charge is -2.06. The first kappa shape index (κ1) is 13.2. The van der Waals surface area contributed by atoms with E-state index < -0.39 is 0 Å². The lowest BCUT2D eigenvalue weighted by atomic mass is 10.2. The average Bonchev–Trinajstić information content (AvgIpc) is 3.02. The molecule has 3 aromatic rings. The van der Waals surface area contributed by atoms with Crippen LogP contribution in [-0.2, 0) is 6.54 Å². The monoisotopic (exact) mass is 301 g/mol. The van der Waals surface area contributed by atoms with Crippen molar-refractivity contribution < 1.29 is 0 Å². The van der Waals surface area contributed by atoms with Crippen LogP contribution >= 0.6 is 22.9 Å². The van der Waals surface area contributed by atoms with Crippen molar-refractivity contribution in [1.82, 2.24) is 9.97 Å². The molecule has 2 heterocycles. The predicted octanol–water partition coefficient (Wildman–Crippen LogP) is 3.98. The van der Waals surface area contributed by atoms with Crippen molar-refractivity contribution in [3.63, 3.8) is 0 Å². The van der Waals surface area contributed by atoms with Gasteiger partial charge in [0.05, 0.1) is 16.3 Å². The molecule has 2 aromatic heterocycles. The van der Waals surface area contributed by atoms with Crippen molar-refractivity contribution in [2.45, 2.75) is 6.54 Å². The van der Waals surface area contributed by atoms with E-state index in [1.165, 1.54) is 0 Å². The summed E-state index contributed by atoms with van der Waals surface area (Å²) >= 11 is 7.56. The van der Waals surface area contributed by atoms with Crippen molar-refractivity contribution in [3.05, 3.63) is 58.6 Å². The molecule has 3 rings (SSSR count). The summed E-state index contributed by atoms with van der Waals surface area (Å²) in [5.74, 6) is 0.674. The molecule has 0 saturated carbocycles. The van der Waals surface area contributed by atoms with Crippen molar-refractivity contribution in [2.24, 2.45) is 5.73 Å². The summed E-state index contributed by atoms with van der Waals surface area (Å²) in [5.41, 5.74) is 8.40. The second-order valence-corrected chi connectivity index (χ2v) is 5.64. The van der Waals surface area contributed by atoms with E-state index in [1.807, 2.05) is 47.8 Å². The highest BCUT2D eigenvalue weighted by Gasteiger charge is 2.08. The zero-order valence-corrected chi connectivity index (χ0v) is 12.2. The van der Waals surface area contributed by atoms with Crippen molar-refractivity contribution in [2.75, 3.05) is 0 Å². The zero-order chi connectivity index (χ0) is 13.9. The van der Waals surface area contributed by atoms with E-state index in [4.69, 9.17) is 17.3 Å². The minimum absolute atomic E-state index is 0.390. The van der Waals surface area contributed by atoms with Crippen LogP contribution in [0.2, 0.25) is 5.02 Å². The molecule has 0 aliphatic rings. The van der Waals surface area contributed by atoms with E-state index in [2.05, 4.69) is 9.97 Å². The minimum atomic E-state index is 0.390. The van der Waals surface area contributed by atoms with Gasteiger partial charge < -0.3 is 5.73 Å². The third-order valence-corrected chi connectivity index (χ3v) is 4.01. The highest BCUT2D eigenvalue weighted by Crippen LogP contribution is 2.26. The number of hydrogen-bond donors (Lipinski definition) is 1. The molecule has 0 bridgehead atoms. The summed E-state index contributed by atoms with van der Waals surface area (Å²) in [7, 11) is 0. The van der Waals surface area contributed by atoms with Gasteiger partial charge in [0, 0.05) is 17.1 Å². The van der Waals surface area contributed by atoms with Gasteiger partial charge in [-0.2, -0.15) is 0 Å². The molecule has 5 heteroatoms. The van der Waals surface area contributed by atoms with Gasteiger partial charge in [-0.05, 0) is 41.8 Å². The van der Waals surface area contributed by atoms with Crippen LogP contribution in [-0.4, -0.2) is 9.97 Å². The van der Waals surface area contributed by atoms with E-state index in [-0.39, 0.29) is 0 Å². The average molecular weight is 302 g/mol. The Kier molecular flexibility index (Phi) is 3.78. The molecule has 0 fully saturated rings. The Labute approximate surface area is 126 Å². The van der Waals surface area contributed by atoms with Gasteiger partial charge in [0.25, 0.3) is 0 Å². The molecule has 1 aromatic carbocycles. The third kappa shape index (κ3) is 2.72. The Morgan fingerprint density at radius 3 is 2.55 bits per heavy atom. The molecule has 0 aliphatic heterocycles. The van der Waals surface area contributed by atoms with Gasteiger partial charge in [-0.3, -0.25) is 0 Å². The van der Waals surface area contributed by atoms with Crippen LogP contribution in [0.25, 0.3) is 22.0 Å². The first-order chi connectivity index (χ1) is 9.76. The van der Waals surface area contributed by atoms with E-state index in [9.17, 15) is 0 Å². The quantitative estimate of drug-likeness (QED) is 0.796. The van der Waals surface area contributed by atoms with Crippen molar-refractivity contribution >= 4 is 22.9 Å². The largest absolute Gasteiger partial charge is 0.325 e. The molecule has 100 valence electrons. The summed E-state index contributed by atoms with van der Waals surface area (Å²) < 4.78 is 0. The molecule has 0 unspecified atom stereocenters. The SMILES string of the molecule is NCc1cc(-c2cccs2)nc(-c2ccc(Cl)cc2)n1. The molecule has 3 nitrogen and oxygen atoms in total. The fourth-order valence-corrected chi connectivity index (χ4v) is 2.69. The van der Waals surface area contributed by atoms with Gasteiger partial charge in [-0.1, -0.05) is 17.7 Å². The Hall–Kier alpha value is -1.75. The molecule has 0 amide bonds. The van der Waals surface area contributed by atoms with Gasteiger partial charge in [0.1, 0.15) is 0 Å². The van der Waals surface area contributed by atoms with Gasteiger partial charge in [-0.25, -0.2) is 9.97 Å². The number of rotatable bonds is 3. The lowest BCUT2D eigenvalue weighted by Crippen LogP contribution is -2.03. The summed E-state index contributed by atoms with van der Waals surface area (Å²) in [6, 6.07) is 13.5. The van der Waals surface area contributed by atoms with E-state index in [1.54, 1.807) is 11.3 Å². The van der Waals surface area contributed by atoms with Crippen LogP contribution in [0.5, 0.6) is 0 Å². The van der Waals surface area contributed by atoms with E-state index in [0.717, 1.165) is 21.8 Å². The number of halogens is 1. The second kappa shape index (κ2) is 5.71. The Morgan fingerprint density at radius 2 is 1.90 bits per heavy atom. The highest BCUT2D eigenvalue weighted by molar-refractivity contribution is 7.13. The maximum atomic E-state index is 5.91. The minimum Gasteiger partial charge on any atom is -0.325 e. The van der Waals surface area contributed by atoms with Crippen molar-refractivity contribution in [1.29, 1.82) is 0 Å². The van der Waals surface area contributed by atoms with Crippen LogP contribution in [0.1, 0.15) is 5.69 Å². The predicted molar refractivity (Wildman–Crippen MR) is 83.7 cm³/mol. The topological polar surface area (TPSA) is 51.8 Å². The zero-order valence-electron chi connectivity index (χ0n) is 10.6. The number of aromatic nitrogens is 2. The number of nitrogens with two attached hydrogens (primary N) is 1. The fourth-order valence-electron chi connectivity index (χ4n) is 1.88. The van der Waals surface area contributed by atoms with E-state index >= 15 is 0 Å². The first-order valence-corrected chi connectivity index (χ1v) is 7.40. The summed E-state index contributed by atoms with van der Waals surface area (Å²) in [6.07, 6.45) is 0. The van der Waals surface area contributed by atoms with Crippen LogP contribution < -0.4 is 5.73 Å². The molecule has 0 atom stereocenters. The van der Waals surface area contributed by atoms with E-state index in [0.29, 0.717) is 17.4 Å². The molecule has 0 spiro atoms. The number of thiophene rings is 1. The molecule has 2 N–H and O–H groups in total. The molecular formula is C15H12ClN3S. The standard InChI is InChI=1S/C15H12ClN3S/c16-11-5-3-10(4-6-11)15-18-12(9-17)8-13(19-15)14-2-1-7-20-14/h1-8H,9,17H2. The van der Waals surface area contributed by atoms with Gasteiger partial charge in [0.2, 0.25) is 0 Å². The maximum absolute atomic E-state index is 5.91. The number of hydrogen-bond acceptors (Lipinski definition) is 4. The lowest BCUT2D eigenvalue weighted by molar-refractivity contribution is 0.972.